The molecule has 0 saturated heterocycles. The van der Waals surface area contributed by atoms with Crippen molar-refractivity contribution in [2.24, 2.45) is 29.1 Å². The highest BCUT2D eigenvalue weighted by Crippen LogP contribution is 2.62. The van der Waals surface area contributed by atoms with Crippen LogP contribution in [0.3, 0.4) is 0 Å². The van der Waals surface area contributed by atoms with Gasteiger partial charge in [0.25, 0.3) is 0 Å². The van der Waals surface area contributed by atoms with Gasteiger partial charge in [-0.2, -0.15) is 0 Å². The summed E-state index contributed by atoms with van der Waals surface area (Å²) in [5.41, 5.74) is 2.90. The molecule has 2 saturated carbocycles. The van der Waals surface area contributed by atoms with Crippen LogP contribution in [0.1, 0.15) is 63.0 Å². The molecule has 2 nitrogen and oxygen atoms in total. The van der Waals surface area contributed by atoms with E-state index < -0.39 is 0 Å². The van der Waals surface area contributed by atoms with E-state index in [9.17, 15) is 4.79 Å². The van der Waals surface area contributed by atoms with Crippen LogP contribution >= 0.6 is 0 Å². The number of allylic oxidation sites excluding steroid dienone is 1. The van der Waals surface area contributed by atoms with Crippen molar-refractivity contribution in [1.29, 1.82) is 0 Å². The molecule has 0 bridgehead atoms. The Hall–Kier alpha value is -1.57. The molecule has 140 valence electrons. The van der Waals surface area contributed by atoms with E-state index in [1.165, 1.54) is 17.5 Å². The first-order chi connectivity index (χ1) is 12.5. The van der Waals surface area contributed by atoms with Crippen molar-refractivity contribution >= 4 is 5.78 Å². The fourth-order valence-corrected chi connectivity index (χ4v) is 6.65. The van der Waals surface area contributed by atoms with E-state index in [-0.39, 0.29) is 11.3 Å². The number of ether oxygens (including phenoxy) is 1. The average Bonchev–Trinajstić information content (AvgIpc) is 2.91. The average molecular weight is 353 g/mol. The second kappa shape index (κ2) is 6.55. The third-order valence-electron chi connectivity index (χ3n) is 7.95. The zero-order valence-corrected chi connectivity index (χ0v) is 16.5. The van der Waals surface area contributed by atoms with Gasteiger partial charge < -0.3 is 4.74 Å². The summed E-state index contributed by atoms with van der Waals surface area (Å²) < 4.78 is 5.47. The van der Waals surface area contributed by atoms with Crippen LogP contribution < -0.4 is 4.74 Å². The molecule has 1 aromatic carbocycles. The number of fused-ring (bicyclic) bond motifs is 5. The van der Waals surface area contributed by atoms with Crippen LogP contribution in [0.2, 0.25) is 0 Å². The minimum absolute atomic E-state index is 0.105. The van der Waals surface area contributed by atoms with E-state index in [0.29, 0.717) is 29.5 Å². The first-order valence-electron chi connectivity index (χ1n) is 10.4. The monoisotopic (exact) mass is 352 g/mol. The molecule has 0 radical (unpaired) electrons. The minimum atomic E-state index is -0.105. The molecule has 0 spiro atoms. The Bertz CT molecular complexity index is 721. The third-order valence-corrected chi connectivity index (χ3v) is 7.95. The van der Waals surface area contributed by atoms with Crippen molar-refractivity contribution in [3.8, 4) is 5.75 Å². The quantitative estimate of drug-likeness (QED) is 0.663. The lowest BCUT2D eigenvalue weighted by Gasteiger charge is -2.51. The van der Waals surface area contributed by atoms with Gasteiger partial charge in [0.2, 0.25) is 0 Å². The molecular formula is C24H32O2. The smallest absolute Gasteiger partial charge is 0.142 e. The number of methoxy groups -OCH3 is 1. The molecule has 0 amide bonds. The van der Waals surface area contributed by atoms with E-state index in [2.05, 4.69) is 38.6 Å². The highest BCUT2D eigenvalue weighted by molar-refractivity contribution is 5.89. The summed E-state index contributed by atoms with van der Waals surface area (Å²) in [5, 5.41) is 0. The summed E-state index contributed by atoms with van der Waals surface area (Å²) in [6, 6.07) is 6.68. The van der Waals surface area contributed by atoms with Gasteiger partial charge in [-0.1, -0.05) is 32.4 Å². The predicted molar refractivity (Wildman–Crippen MR) is 105 cm³/mol. The van der Waals surface area contributed by atoms with Gasteiger partial charge in [-0.25, -0.2) is 0 Å². The van der Waals surface area contributed by atoms with Gasteiger partial charge in [0.15, 0.2) is 0 Å². The highest BCUT2D eigenvalue weighted by atomic mass is 16.5. The molecule has 3 aliphatic carbocycles. The van der Waals surface area contributed by atoms with Gasteiger partial charge >= 0.3 is 0 Å². The standard InChI is InChI=1S/C24H32O2/c1-5-7-16-14-21-22-15(6-2)12-17-13-18(26-4)8-9-19(17)20(22)10-11-24(21,3)23(16)25/h5,8-9,13,15-16,20-22H,1,6-7,10-12,14H2,2-4H3/t15-,16-,20-,21+,22-,24+/m1/s1. The second-order valence-corrected chi connectivity index (χ2v) is 9.00. The molecule has 6 atom stereocenters. The van der Waals surface area contributed by atoms with Crippen LogP contribution in [-0.4, -0.2) is 12.9 Å². The first-order valence-corrected chi connectivity index (χ1v) is 10.4. The Morgan fingerprint density at radius 3 is 2.88 bits per heavy atom. The molecule has 1 aromatic rings. The normalized spacial score (nSPS) is 38.3. The molecule has 26 heavy (non-hydrogen) atoms. The van der Waals surface area contributed by atoms with Crippen molar-refractivity contribution in [1.82, 2.24) is 0 Å². The highest BCUT2D eigenvalue weighted by Gasteiger charge is 2.59. The SMILES string of the molecule is C=CC[C@@H]1C[C@H]2[C@@H]3[C@H](CC)Cc4cc(OC)ccc4[C@H]3CC[C@]2(C)C1=O. The molecule has 4 rings (SSSR count). The lowest BCUT2D eigenvalue weighted by molar-refractivity contribution is -0.132. The number of hydrogen-bond donors (Lipinski definition) is 0. The topological polar surface area (TPSA) is 26.3 Å². The Balaban J connectivity index is 1.73. The molecular weight excluding hydrogens is 320 g/mol. The minimum Gasteiger partial charge on any atom is -0.497 e. The summed E-state index contributed by atoms with van der Waals surface area (Å²) >= 11 is 0. The zero-order valence-electron chi connectivity index (χ0n) is 16.5. The Labute approximate surface area is 158 Å². The third kappa shape index (κ3) is 2.48. The van der Waals surface area contributed by atoms with E-state index in [1.807, 2.05) is 6.08 Å². The Kier molecular flexibility index (Phi) is 4.49. The fourth-order valence-electron chi connectivity index (χ4n) is 6.65. The first kappa shape index (κ1) is 17.8. The van der Waals surface area contributed by atoms with Crippen LogP contribution in [0.4, 0.5) is 0 Å². The lowest BCUT2D eigenvalue weighted by atomic mass is 9.52. The van der Waals surface area contributed by atoms with Crippen LogP contribution in [-0.2, 0) is 11.2 Å². The van der Waals surface area contributed by atoms with Gasteiger partial charge in [0, 0.05) is 11.3 Å². The fraction of sp³-hybridized carbons (Fsp3) is 0.625. The summed E-state index contributed by atoms with van der Waals surface area (Å²) in [6.45, 7) is 8.50. The summed E-state index contributed by atoms with van der Waals surface area (Å²) in [5.74, 6) is 4.19. The molecule has 2 fully saturated rings. The van der Waals surface area contributed by atoms with Crippen LogP contribution in [0.15, 0.2) is 30.9 Å². The van der Waals surface area contributed by atoms with Gasteiger partial charge in [-0.15, -0.1) is 6.58 Å². The lowest BCUT2D eigenvalue weighted by Crippen LogP contribution is -2.46. The predicted octanol–water partition coefficient (Wildman–Crippen LogP) is 5.56. The van der Waals surface area contributed by atoms with Gasteiger partial charge in [-0.05, 0) is 79.0 Å². The second-order valence-electron chi connectivity index (χ2n) is 9.00. The van der Waals surface area contributed by atoms with Crippen LogP contribution in [0, 0.1) is 29.1 Å². The van der Waals surface area contributed by atoms with Crippen molar-refractivity contribution in [3.63, 3.8) is 0 Å². The van der Waals surface area contributed by atoms with Crippen molar-refractivity contribution in [2.45, 2.75) is 58.3 Å². The molecule has 0 N–H and O–H groups in total. The Morgan fingerprint density at radius 1 is 1.38 bits per heavy atom. The largest absolute Gasteiger partial charge is 0.497 e. The maximum atomic E-state index is 13.2. The summed E-state index contributed by atoms with van der Waals surface area (Å²) in [6.07, 6.45) is 8.41. The molecule has 0 heterocycles. The molecule has 0 aromatic heterocycles. The number of Topliss-reactive ketones (excluding diaryl/α,β-unsaturated/α-hetero) is 1. The Morgan fingerprint density at radius 2 is 2.19 bits per heavy atom. The maximum Gasteiger partial charge on any atom is 0.142 e. The maximum absolute atomic E-state index is 13.2. The van der Waals surface area contributed by atoms with Crippen LogP contribution in [0.5, 0.6) is 5.75 Å². The van der Waals surface area contributed by atoms with E-state index in [0.717, 1.165) is 37.9 Å². The van der Waals surface area contributed by atoms with Crippen molar-refractivity contribution < 1.29 is 9.53 Å². The number of rotatable bonds is 4. The number of benzene rings is 1. The molecule has 0 unspecified atom stereocenters. The van der Waals surface area contributed by atoms with E-state index in [1.54, 1.807) is 7.11 Å². The number of carbonyl (C=O) groups is 1. The van der Waals surface area contributed by atoms with Crippen molar-refractivity contribution in [2.75, 3.05) is 7.11 Å². The number of hydrogen-bond acceptors (Lipinski definition) is 2. The van der Waals surface area contributed by atoms with Crippen LogP contribution in [0.25, 0.3) is 0 Å². The zero-order chi connectivity index (χ0) is 18.5. The van der Waals surface area contributed by atoms with Gasteiger partial charge in [-0.3, -0.25) is 4.79 Å². The van der Waals surface area contributed by atoms with Gasteiger partial charge in [0.1, 0.15) is 11.5 Å². The van der Waals surface area contributed by atoms with Gasteiger partial charge in [0.05, 0.1) is 7.11 Å². The van der Waals surface area contributed by atoms with E-state index in [4.69, 9.17) is 4.74 Å². The van der Waals surface area contributed by atoms with E-state index >= 15 is 0 Å². The molecule has 0 aliphatic heterocycles. The summed E-state index contributed by atoms with van der Waals surface area (Å²) in [4.78, 5) is 13.2. The van der Waals surface area contributed by atoms with Crippen molar-refractivity contribution in [3.05, 3.63) is 42.0 Å². The molecule has 3 aliphatic rings. The summed E-state index contributed by atoms with van der Waals surface area (Å²) in [7, 11) is 1.75. The number of carbonyl (C=O) groups excluding carboxylic acids is 1. The number of ketones is 1. The molecule has 2 heteroatoms.